The van der Waals surface area contributed by atoms with E-state index in [1.165, 1.54) is 16.8 Å². The minimum Gasteiger partial charge on any atom is -0.309 e. The van der Waals surface area contributed by atoms with Crippen molar-refractivity contribution in [1.82, 2.24) is 9.55 Å². The lowest BCUT2D eigenvalue weighted by atomic mass is 9.97. The number of nitrogens with one attached hydrogen (secondary N) is 1. The molecular formula is C22H31N3O4S2. The fraction of sp³-hybridized carbons (Fsp3) is 0.500. The maximum absolute atomic E-state index is 13.1. The van der Waals surface area contributed by atoms with E-state index < -0.39 is 26.7 Å². The van der Waals surface area contributed by atoms with E-state index in [0.29, 0.717) is 18.2 Å². The molecule has 1 saturated carbocycles. The van der Waals surface area contributed by atoms with Crippen molar-refractivity contribution in [3.63, 3.8) is 0 Å². The molecule has 9 heteroatoms. The number of aromatic nitrogens is 2. The number of sulfone groups is 1. The summed E-state index contributed by atoms with van der Waals surface area (Å²) >= 11 is 0. The summed E-state index contributed by atoms with van der Waals surface area (Å²) in [5.41, 5.74) is 0.486. The Morgan fingerprint density at radius 3 is 2.45 bits per heavy atom. The highest BCUT2D eigenvalue weighted by atomic mass is 32.2. The number of nitrogens with zero attached hydrogens (tertiary/aromatic N) is 2. The Bertz CT molecular complexity index is 1060. The maximum atomic E-state index is 13.1. The van der Waals surface area contributed by atoms with Crippen LogP contribution in [0, 0.1) is 12.8 Å². The van der Waals surface area contributed by atoms with E-state index in [9.17, 15) is 18.0 Å². The van der Waals surface area contributed by atoms with Gasteiger partial charge < -0.3 is 9.88 Å². The molecule has 2 heterocycles. The van der Waals surface area contributed by atoms with E-state index in [-0.39, 0.29) is 24.3 Å². The van der Waals surface area contributed by atoms with Gasteiger partial charge >= 0.3 is 0 Å². The molecule has 0 aromatic carbocycles. The molecule has 7 nitrogen and oxygen atoms in total. The molecule has 2 aromatic rings. The molecule has 170 valence electrons. The van der Waals surface area contributed by atoms with E-state index in [0.717, 1.165) is 37.3 Å². The van der Waals surface area contributed by atoms with E-state index in [1.807, 2.05) is 13.0 Å². The first-order valence-electron chi connectivity index (χ1n) is 10.4. The molecule has 0 saturated heterocycles. The first-order valence-corrected chi connectivity index (χ1v) is 11.9. The van der Waals surface area contributed by atoms with Gasteiger partial charge in [0.05, 0.1) is 10.1 Å². The predicted molar refractivity (Wildman–Crippen MR) is 127 cm³/mol. The van der Waals surface area contributed by atoms with Gasteiger partial charge in [-0.3, -0.25) is 9.59 Å². The van der Waals surface area contributed by atoms with Crippen LogP contribution in [0.2, 0.25) is 0 Å². The van der Waals surface area contributed by atoms with Gasteiger partial charge in [0.25, 0.3) is 5.56 Å². The number of aryl methyl sites for hydroxylation is 1. The van der Waals surface area contributed by atoms with Gasteiger partial charge in [-0.15, -0.1) is 0 Å². The molecule has 0 aliphatic heterocycles. The van der Waals surface area contributed by atoms with Gasteiger partial charge in [-0.1, -0.05) is 31.7 Å². The zero-order chi connectivity index (χ0) is 21.9. The SMILES string of the molecule is Cc1ccc(NC(=O)[C@H](CC2CCCC2)n2ccc(S(=O)(=O)C(C)C)cc2=O)nc1.S. The van der Waals surface area contributed by atoms with Gasteiger partial charge in [0.1, 0.15) is 11.9 Å². The van der Waals surface area contributed by atoms with Crippen LogP contribution in [0.5, 0.6) is 0 Å². The van der Waals surface area contributed by atoms with Crippen LogP contribution in [-0.2, 0) is 14.6 Å². The standard InChI is InChI=1S/C22H29N3O4S.H2S/c1-15(2)30(28,29)18-10-11-25(21(26)13-18)19(12-17-6-4-5-7-17)22(27)24-20-9-8-16(3)14-23-20;/h8-11,13-15,17,19H,4-7,12H2,1-3H3,(H,23,24,27);1H2/t19-;/m0./s1. The second-order valence-corrected chi connectivity index (χ2v) is 10.8. The third kappa shape index (κ3) is 5.98. The largest absolute Gasteiger partial charge is 0.309 e. The number of anilines is 1. The van der Waals surface area contributed by atoms with Crippen molar-refractivity contribution in [1.29, 1.82) is 0 Å². The van der Waals surface area contributed by atoms with Crippen molar-refractivity contribution in [2.24, 2.45) is 5.92 Å². The van der Waals surface area contributed by atoms with Crippen molar-refractivity contribution in [3.8, 4) is 0 Å². The average molecular weight is 466 g/mol. The zero-order valence-corrected chi connectivity index (χ0v) is 20.0. The van der Waals surface area contributed by atoms with Crippen LogP contribution in [0.1, 0.15) is 57.6 Å². The number of pyridine rings is 2. The van der Waals surface area contributed by atoms with Gasteiger partial charge in [0.15, 0.2) is 9.84 Å². The number of hydrogen-bond acceptors (Lipinski definition) is 5. The van der Waals surface area contributed by atoms with Crippen LogP contribution in [0.25, 0.3) is 0 Å². The van der Waals surface area contributed by atoms with Gasteiger partial charge in [0, 0.05) is 18.5 Å². The molecule has 1 fully saturated rings. The van der Waals surface area contributed by atoms with Crippen LogP contribution in [0.3, 0.4) is 0 Å². The van der Waals surface area contributed by atoms with Crippen LogP contribution in [-0.4, -0.2) is 29.1 Å². The number of rotatable bonds is 7. The second kappa shape index (κ2) is 10.5. The normalized spacial score (nSPS) is 15.5. The highest BCUT2D eigenvalue weighted by Gasteiger charge is 2.28. The summed E-state index contributed by atoms with van der Waals surface area (Å²) in [6, 6.07) is 5.39. The smallest absolute Gasteiger partial charge is 0.252 e. The fourth-order valence-corrected chi connectivity index (χ4v) is 4.90. The fourth-order valence-electron chi connectivity index (χ4n) is 3.84. The number of carbonyl (C=O) groups excluding carboxylic acids is 1. The molecule has 1 aliphatic rings. The third-order valence-electron chi connectivity index (χ3n) is 5.70. The molecule has 3 rings (SSSR count). The minimum atomic E-state index is -3.56. The number of hydrogen-bond donors (Lipinski definition) is 1. The highest BCUT2D eigenvalue weighted by molar-refractivity contribution is 7.92. The second-order valence-electron chi connectivity index (χ2n) is 8.31. The predicted octanol–water partition coefficient (Wildman–Crippen LogP) is 3.61. The summed E-state index contributed by atoms with van der Waals surface area (Å²) in [4.78, 5) is 30.1. The first-order chi connectivity index (χ1) is 14.2. The summed E-state index contributed by atoms with van der Waals surface area (Å²) in [6.07, 6.45) is 7.94. The maximum Gasteiger partial charge on any atom is 0.252 e. The summed E-state index contributed by atoms with van der Waals surface area (Å²) in [5, 5.41) is 2.18. The van der Waals surface area contributed by atoms with Crippen LogP contribution in [0.15, 0.2) is 46.3 Å². The van der Waals surface area contributed by atoms with Crippen molar-refractivity contribution < 1.29 is 13.2 Å². The Morgan fingerprint density at radius 1 is 1.23 bits per heavy atom. The molecule has 0 spiro atoms. The lowest BCUT2D eigenvalue weighted by Crippen LogP contribution is -2.34. The van der Waals surface area contributed by atoms with E-state index in [1.54, 1.807) is 26.1 Å². The molecule has 1 atom stereocenters. The van der Waals surface area contributed by atoms with Gasteiger partial charge in [-0.2, -0.15) is 13.5 Å². The Morgan fingerprint density at radius 2 is 1.90 bits per heavy atom. The summed E-state index contributed by atoms with van der Waals surface area (Å²) in [6.45, 7) is 5.06. The molecule has 1 N–H and O–H groups in total. The third-order valence-corrected chi connectivity index (χ3v) is 7.85. The number of carbonyl (C=O) groups is 1. The first kappa shape index (κ1) is 25.1. The summed E-state index contributed by atoms with van der Waals surface area (Å²) in [5.74, 6) is 0.464. The van der Waals surface area contributed by atoms with Crippen molar-refractivity contribution >= 4 is 35.1 Å². The lowest BCUT2D eigenvalue weighted by Gasteiger charge is -2.22. The Labute approximate surface area is 190 Å². The number of amides is 1. The van der Waals surface area contributed by atoms with Gasteiger partial charge in [0.2, 0.25) is 5.91 Å². The average Bonchev–Trinajstić information content (AvgIpc) is 3.21. The minimum absolute atomic E-state index is 0. The van der Waals surface area contributed by atoms with E-state index in [4.69, 9.17) is 0 Å². The van der Waals surface area contributed by atoms with Crippen LogP contribution < -0.4 is 10.9 Å². The molecule has 0 bridgehead atoms. The monoisotopic (exact) mass is 465 g/mol. The molecule has 0 radical (unpaired) electrons. The van der Waals surface area contributed by atoms with E-state index >= 15 is 0 Å². The molecule has 31 heavy (non-hydrogen) atoms. The van der Waals surface area contributed by atoms with Gasteiger partial charge in [-0.05, 0) is 50.8 Å². The van der Waals surface area contributed by atoms with Crippen molar-refractivity contribution in [2.75, 3.05) is 5.32 Å². The summed E-state index contributed by atoms with van der Waals surface area (Å²) in [7, 11) is -3.56. The molecular weight excluding hydrogens is 434 g/mol. The Kier molecular flexibility index (Phi) is 8.48. The van der Waals surface area contributed by atoms with Crippen molar-refractivity contribution in [3.05, 3.63) is 52.6 Å². The van der Waals surface area contributed by atoms with Gasteiger partial charge in [-0.25, -0.2) is 13.4 Å². The van der Waals surface area contributed by atoms with Crippen molar-refractivity contribution in [2.45, 2.75) is 69.1 Å². The van der Waals surface area contributed by atoms with E-state index in [2.05, 4.69) is 10.3 Å². The zero-order valence-electron chi connectivity index (χ0n) is 18.2. The van der Waals surface area contributed by atoms with Crippen LogP contribution in [0.4, 0.5) is 5.82 Å². The van der Waals surface area contributed by atoms with Crippen LogP contribution >= 0.6 is 13.5 Å². The molecule has 1 aliphatic carbocycles. The summed E-state index contributed by atoms with van der Waals surface area (Å²) < 4.78 is 26.2. The Hall–Kier alpha value is -2.13. The highest BCUT2D eigenvalue weighted by Crippen LogP contribution is 2.32. The topological polar surface area (TPSA) is 98.1 Å². The lowest BCUT2D eigenvalue weighted by molar-refractivity contribution is -0.119. The quantitative estimate of drug-likeness (QED) is 0.674. The molecule has 1 amide bonds. The Balaban J connectivity index is 0.00000341. The molecule has 0 unspecified atom stereocenters. The molecule has 2 aromatic heterocycles.